The zero-order valence-electron chi connectivity index (χ0n) is 13.7. The molecule has 0 amide bonds. The summed E-state index contributed by atoms with van der Waals surface area (Å²) in [5, 5.41) is 0.868. The van der Waals surface area contributed by atoms with E-state index in [1.54, 1.807) is 32.4 Å². The van der Waals surface area contributed by atoms with Crippen LogP contribution in [0.25, 0.3) is 6.08 Å². The number of hydrogen-bond acceptors (Lipinski definition) is 4. The predicted molar refractivity (Wildman–Crippen MR) is 96.2 cm³/mol. The standard InChI is InChI=1S/C19H20O4Se/c1-21-17-10-8-15(14-18(17)22-2)9-11-19(20)23-12-13-24-16-6-4-3-5-7-16/h3-11,14H,12-13H2,1-2H3/b11-9+. The number of methoxy groups -OCH3 is 2. The van der Waals surface area contributed by atoms with Gasteiger partial charge >= 0.3 is 148 Å². The van der Waals surface area contributed by atoms with E-state index in [9.17, 15) is 4.79 Å². The van der Waals surface area contributed by atoms with Crippen molar-refractivity contribution < 1.29 is 19.0 Å². The molecule has 0 radical (unpaired) electrons. The number of hydrogen-bond donors (Lipinski definition) is 0. The minimum atomic E-state index is -0.339. The summed E-state index contributed by atoms with van der Waals surface area (Å²) in [7, 11) is 3.16. The molecular formula is C19H20O4Se. The molecule has 2 aromatic carbocycles. The summed E-state index contributed by atoms with van der Waals surface area (Å²) in [6.07, 6.45) is 3.13. The first-order valence-electron chi connectivity index (χ1n) is 7.47. The van der Waals surface area contributed by atoms with Gasteiger partial charge in [-0.1, -0.05) is 0 Å². The van der Waals surface area contributed by atoms with Gasteiger partial charge in [0.15, 0.2) is 0 Å². The van der Waals surface area contributed by atoms with Crippen LogP contribution in [0.15, 0.2) is 54.6 Å². The number of carbonyl (C=O) groups is 1. The fraction of sp³-hybridized carbons (Fsp3) is 0.211. The molecule has 0 saturated carbocycles. The maximum atomic E-state index is 11.7. The second kappa shape index (κ2) is 9.81. The minimum absolute atomic E-state index is 0.328. The Morgan fingerprint density at radius 2 is 1.79 bits per heavy atom. The van der Waals surface area contributed by atoms with Crippen molar-refractivity contribution in [3.63, 3.8) is 0 Å². The second-order valence-corrected chi connectivity index (χ2v) is 7.23. The summed E-state index contributed by atoms with van der Waals surface area (Å²) < 4.78 is 16.9. The molecular weight excluding hydrogens is 371 g/mol. The molecule has 0 aliphatic carbocycles. The van der Waals surface area contributed by atoms with Crippen LogP contribution >= 0.6 is 0 Å². The van der Waals surface area contributed by atoms with Crippen molar-refractivity contribution in [2.24, 2.45) is 0 Å². The normalized spacial score (nSPS) is 10.6. The molecule has 0 spiro atoms. The van der Waals surface area contributed by atoms with E-state index < -0.39 is 0 Å². The van der Waals surface area contributed by atoms with Gasteiger partial charge in [0.2, 0.25) is 0 Å². The third-order valence-corrected chi connectivity index (χ3v) is 5.21. The van der Waals surface area contributed by atoms with Gasteiger partial charge in [0.1, 0.15) is 0 Å². The van der Waals surface area contributed by atoms with Crippen LogP contribution in [0.5, 0.6) is 11.5 Å². The fourth-order valence-electron chi connectivity index (χ4n) is 1.99. The van der Waals surface area contributed by atoms with E-state index in [4.69, 9.17) is 14.2 Å². The Hall–Kier alpha value is -2.23. The Kier molecular flexibility index (Phi) is 7.40. The van der Waals surface area contributed by atoms with E-state index in [-0.39, 0.29) is 5.97 Å². The third kappa shape index (κ3) is 5.76. The van der Waals surface area contributed by atoms with Crippen molar-refractivity contribution in [3.05, 3.63) is 60.2 Å². The summed E-state index contributed by atoms with van der Waals surface area (Å²) in [6.45, 7) is 0.435. The first-order chi connectivity index (χ1) is 11.7. The van der Waals surface area contributed by atoms with Gasteiger partial charge in [-0.05, 0) is 0 Å². The number of benzene rings is 2. The zero-order valence-corrected chi connectivity index (χ0v) is 15.4. The Labute approximate surface area is 148 Å². The molecule has 2 rings (SSSR count). The van der Waals surface area contributed by atoms with Gasteiger partial charge in [0.05, 0.1) is 0 Å². The monoisotopic (exact) mass is 392 g/mol. The van der Waals surface area contributed by atoms with E-state index in [0.717, 1.165) is 10.9 Å². The van der Waals surface area contributed by atoms with Crippen molar-refractivity contribution >= 4 is 31.5 Å². The van der Waals surface area contributed by atoms with Crippen molar-refractivity contribution in [2.75, 3.05) is 20.8 Å². The van der Waals surface area contributed by atoms with Crippen molar-refractivity contribution in [2.45, 2.75) is 5.32 Å². The van der Waals surface area contributed by atoms with Gasteiger partial charge in [0.25, 0.3) is 0 Å². The summed E-state index contributed by atoms with van der Waals surface area (Å²) >= 11 is 0.328. The molecule has 0 unspecified atom stereocenters. The Bertz CT molecular complexity index is 683. The van der Waals surface area contributed by atoms with Gasteiger partial charge in [-0.15, -0.1) is 0 Å². The van der Waals surface area contributed by atoms with E-state index in [1.807, 2.05) is 24.3 Å². The summed E-state index contributed by atoms with van der Waals surface area (Å²) in [6, 6.07) is 15.7. The molecule has 2 aromatic rings. The van der Waals surface area contributed by atoms with E-state index in [0.29, 0.717) is 33.1 Å². The Morgan fingerprint density at radius 1 is 1.04 bits per heavy atom. The molecule has 0 bridgehead atoms. The molecule has 0 aromatic heterocycles. The van der Waals surface area contributed by atoms with Gasteiger partial charge in [-0.25, -0.2) is 0 Å². The van der Waals surface area contributed by atoms with Crippen molar-refractivity contribution in [1.29, 1.82) is 0 Å². The van der Waals surface area contributed by atoms with Crippen LogP contribution in [0.2, 0.25) is 5.32 Å². The molecule has 0 aliphatic rings. The molecule has 5 heteroatoms. The fourth-order valence-corrected chi connectivity index (χ4v) is 3.57. The molecule has 0 atom stereocenters. The predicted octanol–water partition coefficient (Wildman–Crippen LogP) is 2.71. The molecule has 0 N–H and O–H groups in total. The topological polar surface area (TPSA) is 44.8 Å². The summed E-state index contributed by atoms with van der Waals surface area (Å²) in [5.41, 5.74) is 0.845. The quantitative estimate of drug-likeness (QED) is 0.301. The first kappa shape index (κ1) is 18.1. The molecule has 0 heterocycles. The molecule has 126 valence electrons. The first-order valence-corrected chi connectivity index (χ1v) is 9.54. The van der Waals surface area contributed by atoms with Crippen LogP contribution in [0.3, 0.4) is 0 Å². The second-order valence-electron chi connectivity index (χ2n) is 4.78. The van der Waals surface area contributed by atoms with Crippen LogP contribution in [-0.2, 0) is 9.53 Å². The molecule has 0 saturated heterocycles. The van der Waals surface area contributed by atoms with Crippen LogP contribution < -0.4 is 13.9 Å². The van der Waals surface area contributed by atoms with Gasteiger partial charge in [0, 0.05) is 0 Å². The Balaban J connectivity index is 1.78. The molecule has 0 fully saturated rings. The van der Waals surface area contributed by atoms with Gasteiger partial charge < -0.3 is 0 Å². The third-order valence-electron chi connectivity index (χ3n) is 3.16. The SMILES string of the molecule is COc1ccc(/C=C/C(=O)OCC[Se]c2ccccc2)cc1OC. The zero-order chi connectivity index (χ0) is 17.2. The maximum absolute atomic E-state index is 11.7. The number of rotatable bonds is 8. The van der Waals surface area contributed by atoms with Crippen LogP contribution in [0, 0.1) is 0 Å². The van der Waals surface area contributed by atoms with Gasteiger partial charge in [-0.2, -0.15) is 0 Å². The Morgan fingerprint density at radius 3 is 2.50 bits per heavy atom. The van der Waals surface area contributed by atoms with E-state index in [1.165, 1.54) is 10.5 Å². The van der Waals surface area contributed by atoms with Crippen LogP contribution in [-0.4, -0.2) is 41.8 Å². The number of esters is 1. The molecule has 24 heavy (non-hydrogen) atoms. The summed E-state index contributed by atoms with van der Waals surface area (Å²) in [4.78, 5) is 11.7. The van der Waals surface area contributed by atoms with E-state index >= 15 is 0 Å². The summed E-state index contributed by atoms with van der Waals surface area (Å²) in [5.74, 6) is 0.938. The molecule has 4 nitrogen and oxygen atoms in total. The average molecular weight is 391 g/mol. The van der Waals surface area contributed by atoms with Crippen molar-refractivity contribution in [3.8, 4) is 11.5 Å². The van der Waals surface area contributed by atoms with Crippen molar-refractivity contribution in [1.82, 2.24) is 0 Å². The van der Waals surface area contributed by atoms with Gasteiger partial charge in [-0.3, -0.25) is 0 Å². The molecule has 0 aliphatic heterocycles. The average Bonchev–Trinajstić information content (AvgIpc) is 2.64. The van der Waals surface area contributed by atoms with Crippen LogP contribution in [0.1, 0.15) is 5.56 Å². The number of ether oxygens (including phenoxy) is 3. The number of carbonyl (C=O) groups excluding carboxylic acids is 1. The van der Waals surface area contributed by atoms with E-state index in [2.05, 4.69) is 12.1 Å². The van der Waals surface area contributed by atoms with Crippen LogP contribution in [0.4, 0.5) is 0 Å².